The van der Waals surface area contributed by atoms with Crippen LogP contribution in [0.15, 0.2) is 36.7 Å². The van der Waals surface area contributed by atoms with Gasteiger partial charge in [0.25, 0.3) is 0 Å². The molecule has 2 N–H and O–H groups in total. The van der Waals surface area contributed by atoms with E-state index in [9.17, 15) is 8.42 Å². The van der Waals surface area contributed by atoms with Crippen LogP contribution in [0.5, 0.6) is 0 Å². The Balaban J connectivity index is 2.09. The Hall–Kier alpha value is -1.86. The first-order chi connectivity index (χ1) is 9.37. The molecule has 0 radical (unpaired) electrons. The molecule has 2 aromatic rings. The maximum atomic E-state index is 12.3. The van der Waals surface area contributed by atoms with Gasteiger partial charge in [-0.3, -0.25) is 4.68 Å². The number of rotatable bonds is 5. The van der Waals surface area contributed by atoms with Crippen LogP contribution in [0.25, 0.3) is 0 Å². The summed E-state index contributed by atoms with van der Waals surface area (Å²) in [4.78, 5) is 0. The third kappa shape index (κ3) is 3.58. The predicted octanol–water partition coefficient (Wildman–Crippen LogP) is 0.964. The number of nitrogens with zero attached hydrogens (tertiary/aromatic N) is 3. The number of hydrogen-bond acceptors (Lipinski definition) is 4. The van der Waals surface area contributed by atoms with Gasteiger partial charge in [-0.2, -0.15) is 5.10 Å². The number of nitrogen functional groups attached to an aromatic ring is 1. The van der Waals surface area contributed by atoms with E-state index in [0.29, 0.717) is 17.8 Å². The minimum Gasteiger partial charge on any atom is -0.399 e. The lowest BCUT2D eigenvalue weighted by Gasteiger charge is -2.16. The Labute approximate surface area is 118 Å². The molecule has 0 saturated heterocycles. The molecule has 0 unspecified atom stereocenters. The highest BCUT2D eigenvalue weighted by atomic mass is 32.2. The monoisotopic (exact) mass is 294 g/mol. The second-order valence-corrected chi connectivity index (χ2v) is 6.86. The lowest BCUT2D eigenvalue weighted by Crippen LogP contribution is -2.27. The summed E-state index contributed by atoms with van der Waals surface area (Å²) in [6.07, 6.45) is 3.46. The summed E-state index contributed by atoms with van der Waals surface area (Å²) in [5.41, 5.74) is 7.76. The van der Waals surface area contributed by atoms with E-state index in [1.165, 1.54) is 4.31 Å². The molecule has 2 rings (SSSR count). The quantitative estimate of drug-likeness (QED) is 0.833. The highest BCUT2D eigenvalue weighted by molar-refractivity contribution is 7.88. The summed E-state index contributed by atoms with van der Waals surface area (Å²) >= 11 is 0. The summed E-state index contributed by atoms with van der Waals surface area (Å²) in [7, 11) is -0.0178. The van der Waals surface area contributed by atoms with Gasteiger partial charge < -0.3 is 5.73 Å². The largest absolute Gasteiger partial charge is 0.399 e. The first kappa shape index (κ1) is 14.5. The van der Waals surface area contributed by atoms with Crippen LogP contribution < -0.4 is 5.73 Å². The molecule has 6 nitrogen and oxygen atoms in total. The molecule has 0 aliphatic carbocycles. The minimum absolute atomic E-state index is 0.0607. The zero-order chi connectivity index (χ0) is 14.8. The SMILES string of the molecule is CN(Cc1cnn(C)c1)S(=O)(=O)Cc1cccc(N)c1. The van der Waals surface area contributed by atoms with E-state index >= 15 is 0 Å². The third-order valence-electron chi connectivity index (χ3n) is 2.94. The Morgan fingerprint density at radius 2 is 2.10 bits per heavy atom. The smallest absolute Gasteiger partial charge is 0.218 e. The molecule has 0 atom stereocenters. The van der Waals surface area contributed by atoms with Gasteiger partial charge in [-0.05, 0) is 17.7 Å². The molecule has 108 valence electrons. The predicted molar refractivity (Wildman–Crippen MR) is 78.2 cm³/mol. The van der Waals surface area contributed by atoms with Crippen molar-refractivity contribution in [2.45, 2.75) is 12.3 Å². The number of anilines is 1. The fourth-order valence-electron chi connectivity index (χ4n) is 1.91. The van der Waals surface area contributed by atoms with Gasteiger partial charge in [0.05, 0.1) is 11.9 Å². The van der Waals surface area contributed by atoms with Gasteiger partial charge in [0.15, 0.2) is 0 Å². The third-order valence-corrected chi connectivity index (χ3v) is 4.72. The maximum Gasteiger partial charge on any atom is 0.218 e. The van der Waals surface area contributed by atoms with Gasteiger partial charge in [-0.1, -0.05) is 12.1 Å². The molecule has 1 aromatic carbocycles. The highest BCUT2D eigenvalue weighted by Crippen LogP contribution is 2.14. The van der Waals surface area contributed by atoms with Gasteiger partial charge in [0.2, 0.25) is 10.0 Å². The number of benzene rings is 1. The number of aromatic nitrogens is 2. The average Bonchev–Trinajstić information content (AvgIpc) is 2.74. The van der Waals surface area contributed by atoms with E-state index in [4.69, 9.17) is 5.73 Å². The van der Waals surface area contributed by atoms with Crippen LogP contribution in [0, 0.1) is 0 Å². The van der Waals surface area contributed by atoms with E-state index < -0.39 is 10.0 Å². The van der Waals surface area contributed by atoms with E-state index in [1.54, 1.807) is 55.4 Å². The van der Waals surface area contributed by atoms with Crippen molar-refractivity contribution in [3.05, 3.63) is 47.8 Å². The average molecular weight is 294 g/mol. The Kier molecular flexibility index (Phi) is 4.10. The van der Waals surface area contributed by atoms with Crippen molar-refractivity contribution in [3.63, 3.8) is 0 Å². The molecular weight excluding hydrogens is 276 g/mol. The van der Waals surface area contributed by atoms with E-state index in [2.05, 4.69) is 5.10 Å². The molecule has 1 aromatic heterocycles. The minimum atomic E-state index is -3.38. The number of nitrogens with two attached hydrogens (primary N) is 1. The lowest BCUT2D eigenvalue weighted by atomic mass is 10.2. The maximum absolute atomic E-state index is 12.3. The van der Waals surface area contributed by atoms with Gasteiger partial charge in [0, 0.05) is 38.1 Å². The molecule has 0 bridgehead atoms. The van der Waals surface area contributed by atoms with Crippen molar-refractivity contribution in [2.75, 3.05) is 12.8 Å². The molecule has 0 aliphatic heterocycles. The molecule has 7 heteroatoms. The Morgan fingerprint density at radius 1 is 1.35 bits per heavy atom. The summed E-state index contributed by atoms with van der Waals surface area (Å²) in [6, 6.07) is 6.91. The van der Waals surface area contributed by atoms with Crippen molar-refractivity contribution in [1.82, 2.24) is 14.1 Å². The summed E-state index contributed by atoms with van der Waals surface area (Å²) < 4.78 is 27.5. The van der Waals surface area contributed by atoms with Gasteiger partial charge in [-0.25, -0.2) is 12.7 Å². The lowest BCUT2D eigenvalue weighted by molar-refractivity contribution is 0.466. The molecular formula is C13H18N4O2S. The number of aryl methyl sites for hydroxylation is 1. The van der Waals surface area contributed by atoms with E-state index in [1.807, 2.05) is 0 Å². The van der Waals surface area contributed by atoms with Gasteiger partial charge in [-0.15, -0.1) is 0 Å². The van der Waals surface area contributed by atoms with Crippen LogP contribution in [0.3, 0.4) is 0 Å². The van der Waals surface area contributed by atoms with Crippen LogP contribution >= 0.6 is 0 Å². The van der Waals surface area contributed by atoms with E-state index in [-0.39, 0.29) is 5.75 Å². The molecule has 0 fully saturated rings. The first-order valence-electron chi connectivity index (χ1n) is 6.13. The molecule has 1 heterocycles. The van der Waals surface area contributed by atoms with Crippen molar-refractivity contribution in [2.24, 2.45) is 7.05 Å². The summed E-state index contributed by atoms with van der Waals surface area (Å²) in [6.45, 7) is 0.304. The van der Waals surface area contributed by atoms with Crippen molar-refractivity contribution in [1.29, 1.82) is 0 Å². The second kappa shape index (κ2) is 5.64. The Morgan fingerprint density at radius 3 is 2.70 bits per heavy atom. The normalized spacial score (nSPS) is 11.9. The molecule has 0 aliphatic rings. The zero-order valence-electron chi connectivity index (χ0n) is 11.5. The first-order valence-corrected chi connectivity index (χ1v) is 7.74. The van der Waals surface area contributed by atoms with Crippen LogP contribution in [0.2, 0.25) is 0 Å². The highest BCUT2D eigenvalue weighted by Gasteiger charge is 2.19. The topological polar surface area (TPSA) is 81.2 Å². The summed E-state index contributed by atoms with van der Waals surface area (Å²) in [5, 5.41) is 4.03. The molecule has 0 saturated carbocycles. The number of sulfonamides is 1. The number of hydrogen-bond donors (Lipinski definition) is 1. The standard InChI is InChI=1S/C13H18N4O2S/c1-16-8-12(7-15-16)9-17(2)20(18,19)10-11-4-3-5-13(14)6-11/h3-8H,9-10,14H2,1-2H3. The molecule has 0 spiro atoms. The molecule has 20 heavy (non-hydrogen) atoms. The van der Waals surface area contributed by atoms with Crippen molar-refractivity contribution in [3.8, 4) is 0 Å². The van der Waals surface area contributed by atoms with Crippen LogP contribution in [-0.2, 0) is 29.4 Å². The van der Waals surface area contributed by atoms with Gasteiger partial charge in [0.1, 0.15) is 0 Å². The van der Waals surface area contributed by atoms with Crippen LogP contribution in [0.4, 0.5) is 5.69 Å². The summed E-state index contributed by atoms with van der Waals surface area (Å²) in [5.74, 6) is -0.0607. The van der Waals surface area contributed by atoms with Crippen LogP contribution in [0.1, 0.15) is 11.1 Å². The zero-order valence-corrected chi connectivity index (χ0v) is 12.3. The van der Waals surface area contributed by atoms with Crippen molar-refractivity contribution >= 4 is 15.7 Å². The second-order valence-electron chi connectivity index (χ2n) is 4.78. The van der Waals surface area contributed by atoms with Crippen molar-refractivity contribution < 1.29 is 8.42 Å². The fourth-order valence-corrected chi connectivity index (χ4v) is 3.08. The molecule has 0 amide bonds. The van der Waals surface area contributed by atoms with Crippen LogP contribution in [-0.4, -0.2) is 29.6 Å². The van der Waals surface area contributed by atoms with Gasteiger partial charge >= 0.3 is 0 Å². The van der Waals surface area contributed by atoms with E-state index in [0.717, 1.165) is 5.56 Å². The fraction of sp³-hybridized carbons (Fsp3) is 0.308. The Bertz CT molecular complexity index is 694.